The summed E-state index contributed by atoms with van der Waals surface area (Å²) in [6.07, 6.45) is 0. The first kappa shape index (κ1) is 22.0. The minimum atomic E-state index is -3.18. The van der Waals surface area contributed by atoms with E-state index in [9.17, 15) is 34.1 Å². The summed E-state index contributed by atoms with van der Waals surface area (Å²) in [7, 11) is 0. The minimum Gasteiger partial charge on any atom is -0.473 e. The number of thioether (sulfide) groups is 1. The molecule has 4 atom stereocenters. The van der Waals surface area contributed by atoms with Crippen LogP contribution in [0.1, 0.15) is 20.8 Å². The van der Waals surface area contributed by atoms with Crippen LogP contribution in [0.15, 0.2) is 22.7 Å². The highest BCUT2D eigenvalue weighted by Gasteiger charge is 2.75. The second-order valence-corrected chi connectivity index (χ2v) is 8.31. The Morgan fingerprint density at radius 2 is 1.74 bits per heavy atom. The van der Waals surface area contributed by atoms with Crippen LogP contribution in [0, 0.1) is 5.82 Å². The van der Waals surface area contributed by atoms with Crippen molar-refractivity contribution in [1.29, 1.82) is 0 Å². The molecule has 1 aromatic carbocycles. The van der Waals surface area contributed by atoms with E-state index in [2.05, 4.69) is 15.9 Å². The van der Waals surface area contributed by atoms with Gasteiger partial charge in [0.05, 0.1) is 0 Å². The third kappa shape index (κ3) is 3.13. The number of Topliss-reactive ketones (excluding diaryl/α,β-unsaturated/α-hetero) is 3. The Bertz CT molecular complexity index is 818. The molecule has 7 nitrogen and oxygen atoms in total. The smallest absolute Gasteiger partial charge is 0.208 e. The van der Waals surface area contributed by atoms with Gasteiger partial charge in [-0.1, -0.05) is 15.9 Å². The predicted molar refractivity (Wildman–Crippen MR) is 97.9 cm³/mol. The summed E-state index contributed by atoms with van der Waals surface area (Å²) in [5, 5.41) is 32.8. The molecule has 1 heterocycles. The van der Waals surface area contributed by atoms with Crippen molar-refractivity contribution in [2.45, 2.75) is 43.0 Å². The molecule has 1 aliphatic heterocycles. The lowest BCUT2D eigenvalue weighted by atomic mass is 9.65. The summed E-state index contributed by atoms with van der Waals surface area (Å²) in [4.78, 5) is 36.6. The lowest BCUT2D eigenvalue weighted by molar-refractivity contribution is -0.236. The number of rotatable bonds is 5. The molecule has 148 valence electrons. The Labute approximate surface area is 167 Å². The van der Waals surface area contributed by atoms with Crippen molar-refractivity contribution in [3.8, 4) is 5.75 Å². The van der Waals surface area contributed by atoms with Gasteiger partial charge < -0.3 is 20.1 Å². The second-order valence-electron chi connectivity index (χ2n) is 6.34. The van der Waals surface area contributed by atoms with Crippen LogP contribution in [0.5, 0.6) is 5.75 Å². The molecule has 1 aromatic rings. The third-order valence-corrected chi connectivity index (χ3v) is 6.51. The van der Waals surface area contributed by atoms with E-state index in [1.807, 2.05) is 0 Å². The molecular weight excluding hydrogens is 447 g/mol. The van der Waals surface area contributed by atoms with Crippen LogP contribution in [0.25, 0.3) is 0 Å². The number of halogens is 2. The fourth-order valence-corrected chi connectivity index (χ4v) is 4.94. The molecule has 0 spiro atoms. The van der Waals surface area contributed by atoms with E-state index < -0.39 is 51.2 Å². The van der Waals surface area contributed by atoms with Crippen molar-refractivity contribution in [1.82, 2.24) is 0 Å². The number of carbonyl (C=O) groups excluding carboxylic acids is 3. The zero-order valence-electron chi connectivity index (χ0n) is 14.7. The van der Waals surface area contributed by atoms with Crippen LogP contribution in [-0.4, -0.2) is 60.7 Å². The summed E-state index contributed by atoms with van der Waals surface area (Å²) in [5.74, 6) is -5.08. The van der Waals surface area contributed by atoms with Gasteiger partial charge >= 0.3 is 0 Å². The summed E-state index contributed by atoms with van der Waals surface area (Å²) >= 11 is 3.68. The van der Waals surface area contributed by atoms with E-state index in [-0.39, 0.29) is 5.75 Å². The first-order chi connectivity index (χ1) is 12.3. The highest BCUT2D eigenvalue weighted by atomic mass is 79.9. The van der Waals surface area contributed by atoms with E-state index in [4.69, 9.17) is 4.74 Å². The predicted octanol–water partition coefficient (Wildman–Crippen LogP) is 1.00. The van der Waals surface area contributed by atoms with Crippen LogP contribution >= 0.6 is 27.7 Å². The van der Waals surface area contributed by atoms with Gasteiger partial charge in [0.25, 0.3) is 0 Å². The van der Waals surface area contributed by atoms with E-state index >= 15 is 0 Å². The first-order valence-corrected chi connectivity index (χ1v) is 9.60. The zero-order chi connectivity index (χ0) is 20.8. The van der Waals surface area contributed by atoms with Crippen LogP contribution in [0.4, 0.5) is 4.39 Å². The number of aliphatic hydroxyl groups is 3. The van der Waals surface area contributed by atoms with E-state index in [1.54, 1.807) is 0 Å². The summed E-state index contributed by atoms with van der Waals surface area (Å²) in [6.45, 7) is 2.62. The quantitative estimate of drug-likeness (QED) is 0.589. The van der Waals surface area contributed by atoms with Crippen LogP contribution in [-0.2, 0) is 14.4 Å². The molecule has 10 heteroatoms. The maximum atomic E-state index is 14.1. The maximum absolute atomic E-state index is 14.1. The van der Waals surface area contributed by atoms with Crippen molar-refractivity contribution in [2.24, 2.45) is 0 Å². The molecule has 0 bridgehead atoms. The molecule has 0 aromatic heterocycles. The van der Waals surface area contributed by atoms with E-state index in [0.29, 0.717) is 16.2 Å². The Balaban J connectivity index is 2.63. The number of ketones is 3. The Hall–Kier alpha value is -1.33. The van der Waals surface area contributed by atoms with Gasteiger partial charge in [0.1, 0.15) is 0 Å². The van der Waals surface area contributed by atoms with Gasteiger partial charge in [0, 0.05) is 10.2 Å². The molecule has 1 saturated heterocycles. The Morgan fingerprint density at radius 3 is 2.19 bits per heavy atom. The van der Waals surface area contributed by atoms with Crippen molar-refractivity contribution >= 4 is 45.0 Å². The molecule has 2 rings (SSSR count). The summed E-state index contributed by atoms with van der Waals surface area (Å²) in [6, 6.07) is 3.75. The fraction of sp³-hybridized carbons (Fsp3) is 0.471. The number of hydrogen-bond donors (Lipinski definition) is 3. The molecule has 0 aliphatic carbocycles. The van der Waals surface area contributed by atoms with Crippen molar-refractivity contribution < 1.29 is 38.8 Å². The van der Waals surface area contributed by atoms with Crippen molar-refractivity contribution in [2.75, 3.05) is 5.75 Å². The molecule has 1 aliphatic rings. The SMILES string of the molecule is CC(=O)[C@]1(O)[C@@](O)(C(C)=O)CS[C@H](Oc2ccc(Br)cc2F)[C@@]1(O)C(C)=O. The van der Waals surface area contributed by atoms with Gasteiger partial charge in [0.2, 0.25) is 5.60 Å². The highest BCUT2D eigenvalue weighted by Crippen LogP contribution is 2.49. The zero-order valence-corrected chi connectivity index (χ0v) is 17.1. The second kappa shape index (κ2) is 7.25. The third-order valence-electron chi connectivity index (χ3n) is 4.69. The summed E-state index contributed by atoms with van der Waals surface area (Å²) in [5.41, 5.74) is -10.6. The van der Waals surface area contributed by atoms with E-state index in [1.165, 1.54) is 12.1 Å². The molecule has 0 radical (unpaired) electrons. The monoisotopic (exact) mass is 464 g/mol. The number of hydrogen-bond acceptors (Lipinski definition) is 8. The normalized spacial score (nSPS) is 33.4. The molecule has 0 unspecified atom stereocenters. The van der Waals surface area contributed by atoms with Gasteiger partial charge in [-0.05, 0) is 39.0 Å². The lowest BCUT2D eigenvalue weighted by Crippen LogP contribution is -2.82. The van der Waals surface area contributed by atoms with Gasteiger partial charge in [-0.15, -0.1) is 11.8 Å². The fourth-order valence-electron chi connectivity index (χ4n) is 3.05. The molecule has 3 N–H and O–H groups in total. The van der Waals surface area contributed by atoms with Gasteiger partial charge in [0.15, 0.2) is 45.6 Å². The average Bonchev–Trinajstić information content (AvgIpc) is 2.56. The minimum absolute atomic E-state index is 0.352. The largest absolute Gasteiger partial charge is 0.473 e. The molecular formula is C17H18BrFO7S. The molecule has 1 fully saturated rings. The Kier molecular flexibility index (Phi) is 5.90. The lowest BCUT2D eigenvalue weighted by Gasteiger charge is -2.54. The van der Waals surface area contributed by atoms with Crippen LogP contribution in [0.3, 0.4) is 0 Å². The summed E-state index contributed by atoms with van der Waals surface area (Å²) < 4.78 is 19.9. The average molecular weight is 465 g/mol. The topological polar surface area (TPSA) is 121 Å². The number of carbonyl (C=O) groups is 3. The Morgan fingerprint density at radius 1 is 1.15 bits per heavy atom. The highest BCUT2D eigenvalue weighted by molar-refractivity contribution is 9.10. The molecule has 0 saturated carbocycles. The molecule has 0 amide bonds. The molecule has 27 heavy (non-hydrogen) atoms. The van der Waals surface area contributed by atoms with Gasteiger partial charge in [-0.3, -0.25) is 14.4 Å². The van der Waals surface area contributed by atoms with Crippen LogP contribution in [0.2, 0.25) is 0 Å². The van der Waals surface area contributed by atoms with Gasteiger partial charge in [-0.2, -0.15) is 0 Å². The van der Waals surface area contributed by atoms with Crippen molar-refractivity contribution in [3.63, 3.8) is 0 Å². The standard InChI is InChI=1S/C17H18BrFO7S/c1-8(20)15(23)7-27-14(26-13-5-4-11(18)6-12(13)19)16(24,9(2)21)17(15,25)10(3)22/h4-6,14,23-25H,7H2,1-3H3/t14-,15-,16-,17-/m0/s1. The number of ether oxygens (including phenoxy) is 1. The first-order valence-electron chi connectivity index (χ1n) is 7.76. The van der Waals surface area contributed by atoms with Gasteiger partial charge in [-0.25, -0.2) is 4.39 Å². The van der Waals surface area contributed by atoms with Crippen molar-refractivity contribution in [3.05, 3.63) is 28.5 Å². The van der Waals surface area contributed by atoms with E-state index in [0.717, 1.165) is 26.8 Å². The maximum Gasteiger partial charge on any atom is 0.208 e. The number of benzene rings is 1. The van der Waals surface area contributed by atoms with Crippen LogP contribution < -0.4 is 4.74 Å².